The zero-order valence-corrected chi connectivity index (χ0v) is 13.5. The van der Waals surface area contributed by atoms with Gasteiger partial charge in [0.1, 0.15) is 0 Å². The lowest BCUT2D eigenvalue weighted by Gasteiger charge is -2.18. The number of rotatable bonds is 6. The predicted octanol–water partition coefficient (Wildman–Crippen LogP) is 3.34. The molecule has 2 rings (SSSR count). The summed E-state index contributed by atoms with van der Waals surface area (Å²) in [5.41, 5.74) is 4.33. The second kappa shape index (κ2) is 7.72. The molecule has 2 nitrogen and oxygen atoms in total. The summed E-state index contributed by atoms with van der Waals surface area (Å²) in [6.07, 6.45) is 6.63. The standard InChI is InChI=1S/C14H21IN2S/c15-12-7-5-11(6-8-12)9-13(17-16)10-18-14-3-1-2-4-14/h5-8,13-14,17H,1-4,9-10,16H2. The molecule has 3 N–H and O–H groups in total. The first-order valence-electron chi connectivity index (χ1n) is 6.60. The molecule has 0 radical (unpaired) electrons. The van der Waals surface area contributed by atoms with Crippen LogP contribution in [0.5, 0.6) is 0 Å². The number of hydrazine groups is 1. The van der Waals surface area contributed by atoms with Gasteiger partial charge >= 0.3 is 0 Å². The van der Waals surface area contributed by atoms with Crippen molar-refractivity contribution in [3.05, 3.63) is 33.4 Å². The molecule has 1 aromatic rings. The van der Waals surface area contributed by atoms with Gasteiger partial charge in [-0.1, -0.05) is 25.0 Å². The summed E-state index contributed by atoms with van der Waals surface area (Å²) in [7, 11) is 0. The van der Waals surface area contributed by atoms with E-state index in [-0.39, 0.29) is 0 Å². The molecule has 0 spiro atoms. The molecule has 1 unspecified atom stereocenters. The molecule has 1 atom stereocenters. The fraction of sp³-hybridized carbons (Fsp3) is 0.571. The maximum atomic E-state index is 5.67. The second-order valence-electron chi connectivity index (χ2n) is 4.93. The summed E-state index contributed by atoms with van der Waals surface area (Å²) in [6.45, 7) is 0. The van der Waals surface area contributed by atoms with Crippen LogP contribution in [0.1, 0.15) is 31.2 Å². The molecule has 0 saturated heterocycles. The van der Waals surface area contributed by atoms with Crippen molar-refractivity contribution >= 4 is 34.4 Å². The van der Waals surface area contributed by atoms with Crippen LogP contribution in [0.25, 0.3) is 0 Å². The Balaban J connectivity index is 1.79. The highest BCUT2D eigenvalue weighted by Gasteiger charge is 2.17. The van der Waals surface area contributed by atoms with Gasteiger partial charge in [-0.3, -0.25) is 11.3 Å². The van der Waals surface area contributed by atoms with Crippen molar-refractivity contribution < 1.29 is 0 Å². The van der Waals surface area contributed by atoms with E-state index in [1.165, 1.54) is 34.8 Å². The molecule has 1 aliphatic carbocycles. The Hall–Kier alpha value is 0.220. The Bertz CT molecular complexity index is 349. The number of nitrogens with one attached hydrogen (secondary N) is 1. The topological polar surface area (TPSA) is 38.0 Å². The highest BCUT2D eigenvalue weighted by atomic mass is 127. The molecule has 1 fully saturated rings. The van der Waals surface area contributed by atoms with E-state index in [1.807, 2.05) is 0 Å². The highest BCUT2D eigenvalue weighted by Crippen LogP contribution is 2.29. The molecule has 0 aromatic heterocycles. The van der Waals surface area contributed by atoms with E-state index < -0.39 is 0 Å². The van der Waals surface area contributed by atoms with Crippen LogP contribution in [-0.4, -0.2) is 17.0 Å². The minimum atomic E-state index is 0.385. The van der Waals surface area contributed by atoms with E-state index in [0.29, 0.717) is 6.04 Å². The lowest BCUT2D eigenvalue weighted by atomic mass is 10.1. The van der Waals surface area contributed by atoms with E-state index in [4.69, 9.17) is 5.84 Å². The first kappa shape index (κ1) is 14.6. The van der Waals surface area contributed by atoms with Crippen molar-refractivity contribution in [1.29, 1.82) is 0 Å². The quantitative estimate of drug-likeness (QED) is 0.454. The van der Waals surface area contributed by atoms with Crippen molar-refractivity contribution in [3.63, 3.8) is 0 Å². The number of thioether (sulfide) groups is 1. The summed E-state index contributed by atoms with van der Waals surface area (Å²) in [6, 6.07) is 9.11. The number of hydrogen-bond acceptors (Lipinski definition) is 3. The Morgan fingerprint density at radius 1 is 1.28 bits per heavy atom. The zero-order valence-electron chi connectivity index (χ0n) is 10.6. The van der Waals surface area contributed by atoms with Crippen LogP contribution in [0.4, 0.5) is 0 Å². The zero-order chi connectivity index (χ0) is 12.8. The molecule has 1 aromatic carbocycles. The van der Waals surface area contributed by atoms with Crippen LogP contribution in [0, 0.1) is 3.57 Å². The Morgan fingerprint density at radius 3 is 2.56 bits per heavy atom. The van der Waals surface area contributed by atoms with Gasteiger partial charge in [-0.25, -0.2) is 0 Å². The van der Waals surface area contributed by atoms with Gasteiger partial charge in [-0.15, -0.1) is 0 Å². The van der Waals surface area contributed by atoms with Crippen LogP contribution >= 0.6 is 34.4 Å². The summed E-state index contributed by atoms with van der Waals surface area (Å²) < 4.78 is 1.29. The summed E-state index contributed by atoms with van der Waals surface area (Å²) >= 11 is 4.43. The van der Waals surface area contributed by atoms with Crippen molar-refractivity contribution in [2.24, 2.45) is 5.84 Å². The third kappa shape index (κ3) is 4.72. The van der Waals surface area contributed by atoms with Crippen LogP contribution in [0.15, 0.2) is 24.3 Å². The fourth-order valence-electron chi connectivity index (χ4n) is 2.38. The lowest BCUT2D eigenvalue weighted by Crippen LogP contribution is -2.39. The summed E-state index contributed by atoms with van der Waals surface area (Å²) in [5.74, 6) is 6.79. The monoisotopic (exact) mass is 376 g/mol. The van der Waals surface area contributed by atoms with Crippen LogP contribution in [0.3, 0.4) is 0 Å². The first-order chi connectivity index (χ1) is 8.78. The molecule has 100 valence electrons. The maximum Gasteiger partial charge on any atom is 0.0341 e. The average Bonchev–Trinajstić information content (AvgIpc) is 2.90. The molecule has 0 bridgehead atoms. The van der Waals surface area contributed by atoms with Gasteiger partial charge in [0, 0.05) is 20.6 Å². The van der Waals surface area contributed by atoms with E-state index in [9.17, 15) is 0 Å². The molecular weight excluding hydrogens is 355 g/mol. The van der Waals surface area contributed by atoms with Crippen LogP contribution in [0.2, 0.25) is 0 Å². The average molecular weight is 376 g/mol. The summed E-state index contributed by atoms with van der Waals surface area (Å²) in [5, 5.41) is 0.873. The second-order valence-corrected chi connectivity index (χ2v) is 7.51. The minimum Gasteiger partial charge on any atom is -0.271 e. The molecular formula is C14H21IN2S. The molecule has 0 heterocycles. The van der Waals surface area contributed by atoms with Crippen molar-refractivity contribution in [2.75, 3.05) is 5.75 Å². The van der Waals surface area contributed by atoms with Crippen LogP contribution in [-0.2, 0) is 6.42 Å². The van der Waals surface area contributed by atoms with Crippen molar-refractivity contribution in [1.82, 2.24) is 5.43 Å². The molecule has 4 heteroatoms. The third-order valence-electron chi connectivity index (χ3n) is 3.47. The Kier molecular flexibility index (Phi) is 6.28. The number of hydrogen-bond donors (Lipinski definition) is 2. The molecule has 1 aliphatic rings. The Labute approximate surface area is 128 Å². The SMILES string of the molecule is NNC(CSC1CCCC1)Cc1ccc(I)cc1. The van der Waals surface area contributed by atoms with E-state index >= 15 is 0 Å². The molecule has 0 aliphatic heterocycles. The van der Waals surface area contributed by atoms with Gasteiger partial charge in [0.05, 0.1) is 0 Å². The van der Waals surface area contributed by atoms with Crippen LogP contribution < -0.4 is 11.3 Å². The number of halogens is 1. The third-order valence-corrected chi connectivity index (χ3v) is 5.72. The smallest absolute Gasteiger partial charge is 0.0341 e. The van der Waals surface area contributed by atoms with E-state index in [0.717, 1.165) is 17.4 Å². The van der Waals surface area contributed by atoms with Gasteiger partial charge in [-0.2, -0.15) is 11.8 Å². The number of nitrogens with two attached hydrogens (primary N) is 1. The lowest BCUT2D eigenvalue weighted by molar-refractivity contribution is 0.574. The number of benzene rings is 1. The van der Waals surface area contributed by atoms with E-state index in [2.05, 4.69) is 64.0 Å². The van der Waals surface area contributed by atoms with Gasteiger partial charge in [0.2, 0.25) is 0 Å². The van der Waals surface area contributed by atoms with Gasteiger partial charge in [-0.05, 0) is 59.5 Å². The largest absolute Gasteiger partial charge is 0.271 e. The van der Waals surface area contributed by atoms with Crippen molar-refractivity contribution in [2.45, 2.75) is 43.4 Å². The normalized spacial score (nSPS) is 18.1. The molecule has 0 amide bonds. The van der Waals surface area contributed by atoms with Gasteiger partial charge in [0.15, 0.2) is 0 Å². The van der Waals surface area contributed by atoms with Gasteiger partial charge < -0.3 is 0 Å². The van der Waals surface area contributed by atoms with E-state index in [1.54, 1.807) is 0 Å². The molecule has 18 heavy (non-hydrogen) atoms. The molecule has 1 saturated carbocycles. The maximum absolute atomic E-state index is 5.67. The van der Waals surface area contributed by atoms with Gasteiger partial charge in [0.25, 0.3) is 0 Å². The Morgan fingerprint density at radius 2 is 1.94 bits per heavy atom. The predicted molar refractivity (Wildman–Crippen MR) is 88.7 cm³/mol. The van der Waals surface area contributed by atoms with Crippen molar-refractivity contribution in [3.8, 4) is 0 Å². The minimum absolute atomic E-state index is 0.385. The first-order valence-corrected chi connectivity index (χ1v) is 8.73. The summed E-state index contributed by atoms with van der Waals surface area (Å²) in [4.78, 5) is 0. The fourth-order valence-corrected chi connectivity index (χ4v) is 4.12. The highest BCUT2D eigenvalue weighted by molar-refractivity contribution is 14.1.